The molecule has 1 aromatic rings. The second-order valence-corrected chi connectivity index (χ2v) is 6.61. The first-order valence-corrected chi connectivity index (χ1v) is 8.68. The smallest absolute Gasteiger partial charge is 0.296 e. The molecular weight excluding hydrogens is 320 g/mol. The van der Waals surface area contributed by atoms with Crippen molar-refractivity contribution < 1.29 is 19.5 Å². The lowest BCUT2D eigenvalue weighted by Gasteiger charge is -2.25. The highest BCUT2D eigenvalue weighted by Crippen LogP contribution is 2.33. The number of hydrogen-bond acceptors (Lipinski definition) is 4. The van der Waals surface area contributed by atoms with Gasteiger partial charge in [-0.2, -0.15) is 0 Å². The Morgan fingerprint density at radius 2 is 1.64 bits per heavy atom. The summed E-state index contributed by atoms with van der Waals surface area (Å²) in [5, 5.41) is 12.9. The van der Waals surface area contributed by atoms with Crippen LogP contribution in [0.1, 0.15) is 51.0 Å². The second-order valence-electron chi connectivity index (χ2n) is 6.61. The summed E-state index contributed by atoms with van der Waals surface area (Å²) in [6.07, 6.45) is 5.79. The van der Waals surface area contributed by atoms with Crippen LogP contribution >= 0.6 is 0 Å². The van der Waals surface area contributed by atoms with Crippen LogP contribution in [-0.2, 0) is 14.4 Å². The zero-order valence-electron chi connectivity index (χ0n) is 14.2. The molecule has 0 atom stereocenters. The molecule has 0 radical (unpaired) electrons. The van der Waals surface area contributed by atoms with Crippen molar-refractivity contribution in [2.45, 2.75) is 51.5 Å². The topological polar surface area (TPSA) is 86.7 Å². The van der Waals surface area contributed by atoms with Gasteiger partial charge in [0, 0.05) is 18.7 Å². The van der Waals surface area contributed by atoms with Crippen LogP contribution in [0.3, 0.4) is 0 Å². The van der Waals surface area contributed by atoms with E-state index in [-0.39, 0.29) is 17.5 Å². The third-order valence-corrected chi connectivity index (χ3v) is 4.77. The number of imide groups is 1. The number of carbonyl (C=O) groups excluding carboxylic acids is 3. The lowest BCUT2D eigenvalue weighted by atomic mass is 10.0. The van der Waals surface area contributed by atoms with Gasteiger partial charge in [-0.15, -0.1) is 0 Å². The fourth-order valence-corrected chi connectivity index (χ4v) is 3.57. The van der Waals surface area contributed by atoms with Crippen molar-refractivity contribution in [3.63, 3.8) is 0 Å². The summed E-state index contributed by atoms with van der Waals surface area (Å²) in [6, 6.07) is 6.39. The van der Waals surface area contributed by atoms with E-state index < -0.39 is 17.6 Å². The Morgan fingerprint density at radius 1 is 1.04 bits per heavy atom. The number of nitrogens with zero attached hydrogens (tertiary/aromatic N) is 1. The van der Waals surface area contributed by atoms with Gasteiger partial charge in [0.05, 0.1) is 5.57 Å². The lowest BCUT2D eigenvalue weighted by molar-refractivity contribution is -0.141. The first-order valence-electron chi connectivity index (χ1n) is 8.68. The van der Waals surface area contributed by atoms with Crippen molar-refractivity contribution >= 4 is 29.0 Å². The van der Waals surface area contributed by atoms with Gasteiger partial charge in [-0.1, -0.05) is 37.8 Å². The molecule has 1 fully saturated rings. The highest BCUT2D eigenvalue weighted by atomic mass is 16.3. The molecule has 132 valence electrons. The molecular formula is C19H22N2O4. The maximum atomic E-state index is 12.8. The van der Waals surface area contributed by atoms with E-state index in [1.807, 2.05) is 0 Å². The number of aliphatic hydroxyl groups excluding tert-OH is 1. The molecule has 1 saturated carbocycles. The molecule has 2 aliphatic rings. The molecule has 0 aromatic heterocycles. The number of anilines is 1. The van der Waals surface area contributed by atoms with Crippen LogP contribution in [0, 0.1) is 0 Å². The first kappa shape index (κ1) is 17.2. The molecule has 3 rings (SSSR count). The summed E-state index contributed by atoms with van der Waals surface area (Å²) in [7, 11) is 0. The standard InChI is InChI=1S/C19H22N2O4/c1-12(22)20-14-10-8-13(9-11-14)16-17(23)19(25)21(18(16)24)15-6-4-2-3-5-7-15/h8-11,15,23H,2-7H2,1H3,(H,20,22). The van der Waals surface area contributed by atoms with Crippen LogP contribution in [-0.4, -0.2) is 33.8 Å². The molecule has 0 spiro atoms. The van der Waals surface area contributed by atoms with Crippen molar-refractivity contribution in [1.29, 1.82) is 0 Å². The predicted octanol–water partition coefficient (Wildman–Crippen LogP) is 3.01. The molecule has 1 heterocycles. The third kappa shape index (κ3) is 3.43. The van der Waals surface area contributed by atoms with Crippen molar-refractivity contribution in [1.82, 2.24) is 4.90 Å². The Bertz CT molecular complexity index is 728. The number of carbonyl (C=O) groups is 3. The summed E-state index contributed by atoms with van der Waals surface area (Å²) >= 11 is 0. The fraction of sp³-hybridized carbons (Fsp3) is 0.421. The van der Waals surface area contributed by atoms with Crippen molar-refractivity contribution in [2.24, 2.45) is 0 Å². The van der Waals surface area contributed by atoms with Gasteiger partial charge in [-0.05, 0) is 30.5 Å². The summed E-state index contributed by atoms with van der Waals surface area (Å²) in [4.78, 5) is 37.6. The predicted molar refractivity (Wildman–Crippen MR) is 93.6 cm³/mol. The van der Waals surface area contributed by atoms with Crippen LogP contribution in [0.15, 0.2) is 30.0 Å². The van der Waals surface area contributed by atoms with Gasteiger partial charge in [0.25, 0.3) is 11.8 Å². The number of rotatable bonds is 3. The van der Waals surface area contributed by atoms with E-state index in [0.29, 0.717) is 11.3 Å². The Balaban J connectivity index is 1.85. The number of amides is 3. The molecule has 3 amide bonds. The number of nitrogens with one attached hydrogen (secondary N) is 1. The van der Waals surface area contributed by atoms with Crippen molar-refractivity contribution in [3.05, 3.63) is 35.6 Å². The molecule has 1 aromatic carbocycles. The van der Waals surface area contributed by atoms with E-state index in [0.717, 1.165) is 38.5 Å². The molecule has 1 aliphatic carbocycles. The van der Waals surface area contributed by atoms with Crippen LogP contribution in [0.5, 0.6) is 0 Å². The zero-order valence-corrected chi connectivity index (χ0v) is 14.2. The summed E-state index contributed by atoms with van der Waals surface area (Å²) in [5.41, 5.74) is 1.11. The number of benzene rings is 1. The van der Waals surface area contributed by atoms with Gasteiger partial charge in [0.15, 0.2) is 5.76 Å². The summed E-state index contributed by atoms with van der Waals surface area (Å²) in [6.45, 7) is 1.41. The van der Waals surface area contributed by atoms with E-state index in [1.165, 1.54) is 11.8 Å². The highest BCUT2D eigenvalue weighted by molar-refractivity contribution is 6.35. The molecule has 2 N–H and O–H groups in total. The summed E-state index contributed by atoms with van der Waals surface area (Å²) < 4.78 is 0. The Labute approximate surface area is 146 Å². The van der Waals surface area contributed by atoms with Crippen LogP contribution in [0.2, 0.25) is 0 Å². The molecule has 0 saturated heterocycles. The van der Waals surface area contributed by atoms with E-state index in [9.17, 15) is 19.5 Å². The van der Waals surface area contributed by atoms with Crippen LogP contribution in [0.4, 0.5) is 5.69 Å². The Kier molecular flexibility index (Phi) is 4.88. The van der Waals surface area contributed by atoms with Crippen molar-refractivity contribution in [3.8, 4) is 0 Å². The van der Waals surface area contributed by atoms with Gasteiger partial charge in [-0.3, -0.25) is 19.3 Å². The maximum Gasteiger partial charge on any atom is 0.296 e. The molecule has 0 bridgehead atoms. The minimum absolute atomic E-state index is 0.0450. The normalized spacial score (nSPS) is 19.3. The Morgan fingerprint density at radius 3 is 2.20 bits per heavy atom. The van der Waals surface area contributed by atoms with Gasteiger partial charge in [-0.25, -0.2) is 0 Å². The SMILES string of the molecule is CC(=O)Nc1ccc(C2=C(O)C(=O)N(C3CCCCCC3)C2=O)cc1. The fourth-order valence-electron chi connectivity index (χ4n) is 3.57. The van der Waals surface area contributed by atoms with Gasteiger partial charge in [0.2, 0.25) is 5.91 Å². The average molecular weight is 342 g/mol. The van der Waals surface area contributed by atoms with Crippen molar-refractivity contribution in [2.75, 3.05) is 5.32 Å². The van der Waals surface area contributed by atoms with Crippen LogP contribution < -0.4 is 5.32 Å². The summed E-state index contributed by atoms with van der Waals surface area (Å²) in [5.74, 6) is -1.71. The van der Waals surface area contributed by atoms with E-state index >= 15 is 0 Å². The first-order chi connectivity index (χ1) is 12.0. The highest BCUT2D eigenvalue weighted by Gasteiger charge is 2.42. The number of hydrogen-bond donors (Lipinski definition) is 2. The van der Waals surface area contributed by atoms with E-state index in [2.05, 4.69) is 5.32 Å². The van der Waals surface area contributed by atoms with Gasteiger partial charge < -0.3 is 10.4 Å². The molecule has 0 unspecified atom stereocenters. The maximum absolute atomic E-state index is 12.8. The van der Waals surface area contributed by atoms with E-state index in [4.69, 9.17) is 0 Å². The van der Waals surface area contributed by atoms with E-state index in [1.54, 1.807) is 24.3 Å². The van der Waals surface area contributed by atoms with Crippen LogP contribution in [0.25, 0.3) is 5.57 Å². The quantitative estimate of drug-likeness (QED) is 0.653. The van der Waals surface area contributed by atoms with Gasteiger partial charge in [0.1, 0.15) is 0 Å². The van der Waals surface area contributed by atoms with Gasteiger partial charge >= 0.3 is 0 Å². The minimum atomic E-state index is -0.599. The molecule has 6 nitrogen and oxygen atoms in total. The monoisotopic (exact) mass is 342 g/mol. The molecule has 1 aliphatic heterocycles. The molecule has 25 heavy (non-hydrogen) atoms. The largest absolute Gasteiger partial charge is 0.502 e. The number of aliphatic hydroxyl groups is 1. The lowest BCUT2D eigenvalue weighted by Crippen LogP contribution is -2.40. The zero-order chi connectivity index (χ0) is 18.0. The minimum Gasteiger partial charge on any atom is -0.502 e. The third-order valence-electron chi connectivity index (χ3n) is 4.77. The average Bonchev–Trinajstić information content (AvgIpc) is 2.77. The molecule has 6 heteroatoms. The second kappa shape index (κ2) is 7.09. The Hall–Kier alpha value is -2.63.